The number of halogens is 3. The van der Waals surface area contributed by atoms with E-state index >= 15 is 8.78 Å². The molecule has 44 heavy (non-hydrogen) atoms. The summed E-state index contributed by atoms with van der Waals surface area (Å²) in [4.78, 5) is 31.4. The average molecular weight is 644 g/mol. The number of sulfonamides is 1. The van der Waals surface area contributed by atoms with E-state index in [-0.39, 0.29) is 40.7 Å². The molecule has 0 amide bonds. The molecule has 2 heterocycles. The quantitative estimate of drug-likeness (QED) is 0.140. The highest BCUT2D eigenvalue weighted by Gasteiger charge is 2.29. The van der Waals surface area contributed by atoms with E-state index in [0.29, 0.717) is 10.6 Å². The minimum absolute atomic E-state index is 0.102. The minimum atomic E-state index is -3.93. The van der Waals surface area contributed by atoms with Gasteiger partial charge in [-0.2, -0.15) is 0 Å². The Morgan fingerprint density at radius 3 is 2.48 bits per heavy atom. The number of ketones is 1. The lowest BCUT2D eigenvalue weighted by Gasteiger charge is -2.23. The number of benzene rings is 2. The molecule has 1 aliphatic carbocycles. The number of esters is 1. The third-order valence-corrected chi connectivity index (χ3v) is 9.49. The number of aromatic nitrogens is 2. The minimum Gasteiger partial charge on any atom is -0.441 e. The first-order valence-corrected chi connectivity index (χ1v) is 16.5. The van der Waals surface area contributed by atoms with E-state index in [1.165, 1.54) is 10.8 Å². The van der Waals surface area contributed by atoms with Gasteiger partial charge in [-0.3, -0.25) is 18.9 Å². The number of nitrogens with zero attached hydrogens (tertiary/aromatic N) is 2. The van der Waals surface area contributed by atoms with E-state index in [2.05, 4.69) is 9.71 Å². The van der Waals surface area contributed by atoms with Gasteiger partial charge in [-0.05, 0) is 62.1 Å². The molecule has 2 aromatic heterocycles. The van der Waals surface area contributed by atoms with Crippen molar-refractivity contribution in [3.8, 4) is 11.1 Å². The van der Waals surface area contributed by atoms with Crippen LogP contribution in [-0.4, -0.2) is 35.5 Å². The predicted molar refractivity (Wildman–Crippen MR) is 165 cm³/mol. The SMILES string of the molecule is CCCS(=O)(=O)Nc1ccc(F)c(C(=O)c2cn(C(C)OC(=O)C3CCCCC3)c3ncc(-c4ccc(Cl)cc4)cc23)c1F. The topological polar surface area (TPSA) is 107 Å². The fraction of sp³-hybridized carbons (Fsp3) is 0.344. The maximum absolute atomic E-state index is 15.7. The van der Waals surface area contributed by atoms with Crippen LogP contribution in [0.1, 0.15) is 74.5 Å². The monoisotopic (exact) mass is 643 g/mol. The zero-order valence-corrected chi connectivity index (χ0v) is 25.9. The van der Waals surface area contributed by atoms with Crippen molar-refractivity contribution in [2.24, 2.45) is 5.92 Å². The zero-order chi connectivity index (χ0) is 31.6. The molecule has 8 nitrogen and oxygen atoms in total. The lowest BCUT2D eigenvalue weighted by Crippen LogP contribution is -2.23. The number of fused-ring (bicyclic) bond motifs is 1. The third kappa shape index (κ3) is 6.63. The van der Waals surface area contributed by atoms with E-state index in [0.717, 1.165) is 49.8 Å². The Balaban J connectivity index is 1.60. The van der Waals surface area contributed by atoms with Gasteiger partial charge in [0.1, 0.15) is 11.5 Å². The van der Waals surface area contributed by atoms with E-state index in [1.54, 1.807) is 50.4 Å². The Hall–Kier alpha value is -3.83. The van der Waals surface area contributed by atoms with Crippen LogP contribution >= 0.6 is 11.6 Å². The smallest absolute Gasteiger partial charge is 0.310 e. The number of hydrogen-bond acceptors (Lipinski definition) is 6. The van der Waals surface area contributed by atoms with Crippen molar-refractivity contribution in [3.63, 3.8) is 0 Å². The summed E-state index contributed by atoms with van der Waals surface area (Å²) < 4.78 is 64.8. The number of ether oxygens (including phenoxy) is 1. The van der Waals surface area contributed by atoms with Crippen molar-refractivity contribution in [1.82, 2.24) is 9.55 Å². The molecule has 1 N–H and O–H groups in total. The second kappa shape index (κ2) is 13.0. The molecule has 5 rings (SSSR count). The van der Waals surface area contributed by atoms with Crippen LogP contribution in [0.3, 0.4) is 0 Å². The molecule has 0 radical (unpaired) electrons. The van der Waals surface area contributed by atoms with Crippen LogP contribution in [0.5, 0.6) is 0 Å². The van der Waals surface area contributed by atoms with Crippen LogP contribution in [0, 0.1) is 17.6 Å². The maximum Gasteiger partial charge on any atom is 0.310 e. The lowest BCUT2D eigenvalue weighted by atomic mass is 9.89. The predicted octanol–water partition coefficient (Wildman–Crippen LogP) is 7.66. The van der Waals surface area contributed by atoms with Crippen molar-refractivity contribution in [2.75, 3.05) is 10.5 Å². The third-order valence-electron chi connectivity index (χ3n) is 7.77. The van der Waals surface area contributed by atoms with Crippen LogP contribution in [-0.2, 0) is 19.6 Å². The Labute approximate surface area is 259 Å². The number of anilines is 1. The van der Waals surface area contributed by atoms with Gasteiger partial charge < -0.3 is 4.74 Å². The van der Waals surface area contributed by atoms with E-state index in [9.17, 15) is 18.0 Å². The van der Waals surface area contributed by atoms with Crippen LogP contribution in [0.4, 0.5) is 14.5 Å². The molecule has 0 aliphatic heterocycles. The first-order chi connectivity index (χ1) is 21.0. The molecule has 1 aliphatic rings. The number of nitrogens with one attached hydrogen (secondary N) is 1. The highest BCUT2D eigenvalue weighted by atomic mass is 35.5. The first-order valence-electron chi connectivity index (χ1n) is 14.5. The van der Waals surface area contributed by atoms with Crippen LogP contribution in [0.25, 0.3) is 22.2 Å². The number of hydrogen-bond donors (Lipinski definition) is 1. The Morgan fingerprint density at radius 1 is 1.09 bits per heavy atom. The van der Waals surface area contributed by atoms with Crippen molar-refractivity contribution in [3.05, 3.63) is 82.6 Å². The molecule has 1 fully saturated rings. The van der Waals surface area contributed by atoms with Gasteiger partial charge in [-0.25, -0.2) is 22.2 Å². The molecule has 0 bridgehead atoms. The normalized spacial score (nSPS) is 14.8. The number of carbonyl (C=O) groups excluding carboxylic acids is 2. The lowest BCUT2D eigenvalue weighted by molar-refractivity contribution is -0.158. The summed E-state index contributed by atoms with van der Waals surface area (Å²) in [5.74, 6) is -4.38. The summed E-state index contributed by atoms with van der Waals surface area (Å²) in [6, 6.07) is 10.4. The number of pyridine rings is 1. The molecular weight excluding hydrogens is 612 g/mol. The number of rotatable bonds is 10. The molecule has 12 heteroatoms. The van der Waals surface area contributed by atoms with Gasteiger partial charge in [0.25, 0.3) is 0 Å². The maximum atomic E-state index is 15.7. The summed E-state index contributed by atoms with van der Waals surface area (Å²) in [7, 11) is -3.93. The fourth-order valence-corrected chi connectivity index (χ4v) is 6.77. The second-order valence-corrected chi connectivity index (χ2v) is 13.2. The van der Waals surface area contributed by atoms with Gasteiger partial charge in [0.05, 0.1) is 28.5 Å². The Kier molecular flexibility index (Phi) is 9.36. The molecule has 1 atom stereocenters. The van der Waals surface area contributed by atoms with Crippen LogP contribution < -0.4 is 4.72 Å². The molecule has 0 saturated heterocycles. The van der Waals surface area contributed by atoms with Gasteiger partial charge in [-0.15, -0.1) is 0 Å². The standard InChI is InChI=1S/C32H32ClF2N3O5S/c1-3-15-44(41,42)37-27-14-13-26(34)28(29(27)35)30(39)25-18-38(19(2)43-32(40)21-7-5-4-6-8-21)31-24(25)16-22(17-36-31)20-9-11-23(33)12-10-20/h9-14,16-19,21,37H,3-8,15H2,1-2H3. The van der Waals surface area contributed by atoms with Crippen molar-refractivity contribution >= 4 is 50.1 Å². The highest BCUT2D eigenvalue weighted by Crippen LogP contribution is 2.33. The largest absolute Gasteiger partial charge is 0.441 e. The summed E-state index contributed by atoms with van der Waals surface area (Å²) in [6.07, 6.45) is 6.76. The highest BCUT2D eigenvalue weighted by molar-refractivity contribution is 7.92. The Bertz CT molecular complexity index is 1820. The van der Waals surface area contributed by atoms with Gasteiger partial charge in [0.15, 0.2) is 12.0 Å². The summed E-state index contributed by atoms with van der Waals surface area (Å²) >= 11 is 6.05. The second-order valence-electron chi connectivity index (χ2n) is 11.0. The summed E-state index contributed by atoms with van der Waals surface area (Å²) in [5.41, 5.74) is 0.0309. The Morgan fingerprint density at radius 2 is 1.80 bits per heavy atom. The van der Waals surface area contributed by atoms with Gasteiger partial charge in [0, 0.05) is 28.4 Å². The van der Waals surface area contributed by atoms with Crippen molar-refractivity contribution in [1.29, 1.82) is 0 Å². The molecule has 0 spiro atoms. The van der Waals surface area contributed by atoms with Crippen molar-refractivity contribution < 1.29 is 31.5 Å². The molecule has 1 saturated carbocycles. The fourth-order valence-electron chi connectivity index (χ4n) is 5.51. The van der Waals surface area contributed by atoms with E-state index < -0.39 is 44.9 Å². The van der Waals surface area contributed by atoms with Crippen LogP contribution in [0.15, 0.2) is 54.9 Å². The van der Waals surface area contributed by atoms with E-state index in [1.807, 2.05) is 0 Å². The summed E-state index contributed by atoms with van der Waals surface area (Å²) in [5, 5.41) is 0.789. The van der Waals surface area contributed by atoms with Crippen molar-refractivity contribution in [2.45, 2.75) is 58.6 Å². The molecular formula is C32H32ClF2N3O5S. The molecule has 4 aromatic rings. The van der Waals surface area contributed by atoms with Crippen LogP contribution in [0.2, 0.25) is 5.02 Å². The average Bonchev–Trinajstić information content (AvgIpc) is 3.38. The number of carbonyl (C=O) groups is 2. The van der Waals surface area contributed by atoms with Gasteiger partial charge in [0.2, 0.25) is 15.8 Å². The van der Waals surface area contributed by atoms with Gasteiger partial charge in [-0.1, -0.05) is 49.9 Å². The first kappa shape index (κ1) is 31.6. The molecule has 1 unspecified atom stereocenters. The molecule has 232 valence electrons. The van der Waals surface area contributed by atoms with Gasteiger partial charge >= 0.3 is 5.97 Å². The summed E-state index contributed by atoms with van der Waals surface area (Å²) in [6.45, 7) is 3.28. The molecule has 2 aromatic carbocycles. The zero-order valence-electron chi connectivity index (χ0n) is 24.3. The van der Waals surface area contributed by atoms with E-state index in [4.69, 9.17) is 16.3 Å².